The number of carbonyl (C=O) groups excluding carboxylic acids is 3. The number of amides is 3. The SMILES string of the molecule is Cc1c(/C=C2\SC(=O)N(CC(=O)N3CCCCC3)C2=O)c2ccccc2n1C. The number of hydrogen-bond acceptors (Lipinski definition) is 4. The minimum absolute atomic E-state index is 0.149. The second-order valence-electron chi connectivity index (χ2n) is 7.28. The standard InChI is InChI=1S/C21H23N3O3S/c1-14-16(15-8-4-5-9-17(15)22(14)2)12-18-20(26)24(21(27)28-18)13-19(25)23-10-6-3-7-11-23/h4-5,8-9,12H,3,6-7,10-11,13H2,1-2H3/b18-12-. The zero-order chi connectivity index (χ0) is 19.8. The van der Waals surface area contributed by atoms with E-state index in [1.54, 1.807) is 11.0 Å². The average Bonchev–Trinajstić information content (AvgIpc) is 3.12. The Kier molecular flexibility index (Phi) is 5.02. The van der Waals surface area contributed by atoms with Gasteiger partial charge in [0.25, 0.3) is 11.1 Å². The lowest BCUT2D eigenvalue weighted by molar-refractivity contribution is -0.136. The first-order valence-electron chi connectivity index (χ1n) is 9.54. The van der Waals surface area contributed by atoms with Crippen LogP contribution in [-0.2, 0) is 16.6 Å². The van der Waals surface area contributed by atoms with E-state index >= 15 is 0 Å². The number of aromatic nitrogens is 1. The number of aryl methyl sites for hydroxylation is 1. The van der Waals surface area contributed by atoms with Gasteiger partial charge in [-0.25, -0.2) is 0 Å². The zero-order valence-electron chi connectivity index (χ0n) is 16.1. The molecule has 28 heavy (non-hydrogen) atoms. The summed E-state index contributed by atoms with van der Waals surface area (Å²) in [6, 6.07) is 7.98. The summed E-state index contributed by atoms with van der Waals surface area (Å²) >= 11 is 0.910. The summed E-state index contributed by atoms with van der Waals surface area (Å²) in [5, 5.41) is 0.665. The monoisotopic (exact) mass is 397 g/mol. The van der Waals surface area contributed by atoms with Crippen molar-refractivity contribution in [2.75, 3.05) is 19.6 Å². The fourth-order valence-corrected chi connectivity index (χ4v) is 4.70. The number of rotatable bonds is 3. The Morgan fingerprint density at radius 2 is 1.86 bits per heavy atom. The number of para-hydroxylation sites is 1. The highest BCUT2D eigenvalue weighted by Crippen LogP contribution is 2.35. The third-order valence-corrected chi connectivity index (χ3v) is 6.51. The maximum Gasteiger partial charge on any atom is 0.294 e. The summed E-state index contributed by atoms with van der Waals surface area (Å²) in [7, 11) is 1.98. The predicted octanol–water partition coefficient (Wildman–Crippen LogP) is 3.54. The van der Waals surface area contributed by atoms with E-state index in [9.17, 15) is 14.4 Å². The van der Waals surface area contributed by atoms with Crippen LogP contribution in [0.5, 0.6) is 0 Å². The van der Waals surface area contributed by atoms with Crippen LogP contribution in [-0.4, -0.2) is 51.1 Å². The Morgan fingerprint density at radius 3 is 2.61 bits per heavy atom. The van der Waals surface area contributed by atoms with Crippen LogP contribution in [0.1, 0.15) is 30.5 Å². The van der Waals surface area contributed by atoms with Crippen LogP contribution in [0, 0.1) is 6.92 Å². The normalized spacial score (nSPS) is 19.3. The van der Waals surface area contributed by atoms with Crippen LogP contribution in [0.25, 0.3) is 17.0 Å². The summed E-state index contributed by atoms with van der Waals surface area (Å²) in [6.07, 6.45) is 4.87. The zero-order valence-corrected chi connectivity index (χ0v) is 16.9. The van der Waals surface area contributed by atoms with Crippen molar-refractivity contribution in [3.8, 4) is 0 Å². The molecule has 2 fully saturated rings. The summed E-state index contributed by atoms with van der Waals surface area (Å²) in [6.45, 7) is 3.24. The first-order chi connectivity index (χ1) is 13.5. The molecule has 1 aromatic heterocycles. The van der Waals surface area contributed by atoms with Crippen molar-refractivity contribution < 1.29 is 14.4 Å². The first-order valence-corrected chi connectivity index (χ1v) is 10.4. The highest BCUT2D eigenvalue weighted by molar-refractivity contribution is 8.18. The third kappa shape index (κ3) is 3.24. The molecule has 2 aliphatic rings. The van der Waals surface area contributed by atoms with E-state index in [1.807, 2.05) is 38.2 Å². The maximum absolute atomic E-state index is 12.8. The highest BCUT2D eigenvalue weighted by atomic mass is 32.2. The van der Waals surface area contributed by atoms with Gasteiger partial charge in [-0.15, -0.1) is 0 Å². The van der Waals surface area contributed by atoms with Gasteiger partial charge in [-0.1, -0.05) is 18.2 Å². The molecule has 0 bridgehead atoms. The largest absolute Gasteiger partial charge is 0.347 e. The summed E-state index contributed by atoms with van der Waals surface area (Å²) in [5.74, 6) is -0.530. The van der Waals surface area contributed by atoms with Gasteiger partial charge in [0, 0.05) is 42.3 Å². The molecule has 0 aliphatic carbocycles. The van der Waals surface area contributed by atoms with Crippen LogP contribution in [0.15, 0.2) is 29.2 Å². The fraction of sp³-hybridized carbons (Fsp3) is 0.381. The van der Waals surface area contributed by atoms with E-state index in [-0.39, 0.29) is 23.6 Å². The molecular formula is C21H23N3O3S. The van der Waals surface area contributed by atoms with Crippen LogP contribution >= 0.6 is 11.8 Å². The fourth-order valence-electron chi connectivity index (χ4n) is 3.88. The maximum atomic E-state index is 12.8. The van der Waals surface area contributed by atoms with Gasteiger partial charge in [0.05, 0.1) is 4.91 Å². The molecule has 2 aromatic rings. The Morgan fingerprint density at radius 1 is 1.14 bits per heavy atom. The highest BCUT2D eigenvalue weighted by Gasteiger charge is 2.37. The number of imide groups is 1. The number of piperidine rings is 1. The topological polar surface area (TPSA) is 62.6 Å². The molecule has 0 unspecified atom stereocenters. The van der Waals surface area contributed by atoms with Crippen molar-refractivity contribution in [1.29, 1.82) is 0 Å². The Balaban J connectivity index is 1.59. The lowest BCUT2D eigenvalue weighted by atomic mass is 10.1. The lowest BCUT2D eigenvalue weighted by Gasteiger charge is -2.27. The van der Waals surface area contributed by atoms with Gasteiger partial charge in [-0.05, 0) is 50.1 Å². The second kappa shape index (κ2) is 7.47. The molecule has 2 aliphatic heterocycles. The molecule has 0 spiro atoms. The molecule has 2 saturated heterocycles. The number of fused-ring (bicyclic) bond motifs is 1. The molecular weight excluding hydrogens is 374 g/mol. The Hall–Kier alpha value is -2.54. The van der Waals surface area contributed by atoms with Crippen molar-refractivity contribution >= 4 is 45.8 Å². The smallest absolute Gasteiger partial charge is 0.294 e. The third-order valence-electron chi connectivity index (χ3n) is 5.60. The van der Waals surface area contributed by atoms with E-state index in [0.29, 0.717) is 18.0 Å². The minimum atomic E-state index is -0.382. The van der Waals surface area contributed by atoms with Crippen LogP contribution < -0.4 is 0 Å². The second-order valence-corrected chi connectivity index (χ2v) is 8.28. The molecule has 3 heterocycles. The van der Waals surface area contributed by atoms with Crippen molar-refractivity contribution in [3.05, 3.63) is 40.4 Å². The molecule has 0 radical (unpaired) electrons. The van der Waals surface area contributed by atoms with Gasteiger partial charge < -0.3 is 9.47 Å². The lowest BCUT2D eigenvalue weighted by Crippen LogP contribution is -2.44. The van der Waals surface area contributed by atoms with Gasteiger partial charge in [0.2, 0.25) is 5.91 Å². The molecule has 4 rings (SSSR count). The van der Waals surface area contributed by atoms with Gasteiger partial charge in [0.15, 0.2) is 0 Å². The quantitative estimate of drug-likeness (QED) is 0.744. The molecule has 6 nitrogen and oxygen atoms in total. The molecule has 0 saturated carbocycles. The minimum Gasteiger partial charge on any atom is -0.347 e. The average molecular weight is 398 g/mol. The number of benzene rings is 1. The van der Waals surface area contributed by atoms with Crippen molar-refractivity contribution in [3.63, 3.8) is 0 Å². The van der Waals surface area contributed by atoms with E-state index < -0.39 is 0 Å². The molecule has 146 valence electrons. The molecule has 7 heteroatoms. The number of likely N-dealkylation sites (tertiary alicyclic amines) is 1. The summed E-state index contributed by atoms with van der Waals surface area (Å²) < 4.78 is 2.07. The van der Waals surface area contributed by atoms with Gasteiger partial charge in [0.1, 0.15) is 6.54 Å². The van der Waals surface area contributed by atoms with Gasteiger partial charge in [-0.3, -0.25) is 19.3 Å². The number of nitrogens with zero attached hydrogens (tertiary/aromatic N) is 3. The predicted molar refractivity (Wildman–Crippen MR) is 111 cm³/mol. The van der Waals surface area contributed by atoms with Crippen molar-refractivity contribution in [2.24, 2.45) is 7.05 Å². The molecule has 1 aromatic carbocycles. The van der Waals surface area contributed by atoms with E-state index in [0.717, 1.165) is 58.1 Å². The first kappa shape index (κ1) is 18.8. The van der Waals surface area contributed by atoms with Crippen LogP contribution in [0.2, 0.25) is 0 Å². The van der Waals surface area contributed by atoms with E-state index in [4.69, 9.17) is 0 Å². The van der Waals surface area contributed by atoms with Gasteiger partial charge in [-0.2, -0.15) is 0 Å². The summed E-state index contributed by atoms with van der Waals surface area (Å²) in [4.78, 5) is 40.9. The number of thioether (sulfide) groups is 1. The van der Waals surface area contributed by atoms with E-state index in [2.05, 4.69) is 4.57 Å². The van der Waals surface area contributed by atoms with E-state index in [1.165, 1.54) is 0 Å². The number of carbonyl (C=O) groups is 3. The van der Waals surface area contributed by atoms with Crippen LogP contribution in [0.3, 0.4) is 0 Å². The number of hydrogen-bond donors (Lipinski definition) is 0. The summed E-state index contributed by atoms with van der Waals surface area (Å²) in [5.41, 5.74) is 3.04. The van der Waals surface area contributed by atoms with Gasteiger partial charge >= 0.3 is 0 Å². The Bertz CT molecular complexity index is 1000. The molecule has 0 N–H and O–H groups in total. The molecule has 3 amide bonds. The Labute approximate surface area is 168 Å². The van der Waals surface area contributed by atoms with Crippen molar-refractivity contribution in [1.82, 2.24) is 14.4 Å². The van der Waals surface area contributed by atoms with Crippen LogP contribution in [0.4, 0.5) is 4.79 Å². The molecule has 0 atom stereocenters. The van der Waals surface area contributed by atoms with Crippen molar-refractivity contribution in [2.45, 2.75) is 26.2 Å².